The third-order valence-electron chi connectivity index (χ3n) is 2.97. The Morgan fingerprint density at radius 3 is 2.48 bits per heavy atom. The maximum atomic E-state index is 10.9. The maximum absolute atomic E-state index is 10.9. The summed E-state index contributed by atoms with van der Waals surface area (Å²) >= 11 is 1.15. The van der Waals surface area contributed by atoms with Gasteiger partial charge in [0, 0.05) is 7.05 Å². The lowest BCUT2D eigenvalue weighted by atomic mass is 10.3. The fraction of sp³-hybridized carbons (Fsp3) is 0.231. The molecule has 3 rings (SSSR count). The third kappa shape index (κ3) is 5.21. The van der Waals surface area contributed by atoms with Crippen LogP contribution in [0, 0.1) is 10.1 Å². The Kier molecular flexibility index (Phi) is 6.37. The van der Waals surface area contributed by atoms with Crippen LogP contribution in [0.25, 0.3) is 11.2 Å². The van der Waals surface area contributed by atoms with E-state index >= 15 is 0 Å². The minimum atomic E-state index is -1.08. The summed E-state index contributed by atoms with van der Waals surface area (Å²) in [7, 11) is 1.69. The Hall–Kier alpha value is -3.55. The molecule has 0 aliphatic rings. The molecule has 27 heavy (non-hydrogen) atoms. The fourth-order valence-electron chi connectivity index (χ4n) is 1.78. The van der Waals surface area contributed by atoms with Crippen LogP contribution >= 0.6 is 11.8 Å². The molecule has 0 unspecified atom stereocenters. The molecule has 0 fully saturated rings. The molecule has 0 amide bonds. The number of fused-ring (bicyclic) bond motifs is 1. The second-order valence-electron chi connectivity index (χ2n) is 4.91. The molecule has 0 aliphatic carbocycles. The zero-order valence-electron chi connectivity index (χ0n) is 13.8. The van der Waals surface area contributed by atoms with Crippen LogP contribution < -0.4 is 0 Å². The first-order valence-electron chi connectivity index (χ1n) is 7.20. The topological polar surface area (TPSA) is 190 Å². The highest BCUT2D eigenvalue weighted by Crippen LogP contribution is 2.34. The number of nitrogens with one attached hydrogen (secondary N) is 1. The Labute approximate surface area is 154 Å². The predicted octanol–water partition coefficient (Wildman–Crippen LogP) is 1.08. The van der Waals surface area contributed by atoms with E-state index in [2.05, 4.69) is 24.9 Å². The van der Waals surface area contributed by atoms with E-state index in [1.165, 1.54) is 19.0 Å². The summed E-state index contributed by atoms with van der Waals surface area (Å²) in [6, 6.07) is 0. The number of rotatable bonds is 6. The van der Waals surface area contributed by atoms with Crippen molar-refractivity contribution in [1.29, 1.82) is 0 Å². The molecule has 0 saturated carbocycles. The van der Waals surface area contributed by atoms with Crippen molar-refractivity contribution in [3.05, 3.63) is 29.1 Å². The highest BCUT2D eigenvalue weighted by atomic mass is 32.2. The van der Waals surface area contributed by atoms with Crippen molar-refractivity contribution < 1.29 is 24.7 Å². The summed E-state index contributed by atoms with van der Waals surface area (Å²) in [6.45, 7) is 0. The van der Waals surface area contributed by atoms with E-state index in [9.17, 15) is 19.7 Å². The largest absolute Gasteiger partial charge is 0.481 e. The molecule has 0 radical (unpaired) electrons. The van der Waals surface area contributed by atoms with Gasteiger partial charge in [-0.3, -0.25) is 9.59 Å². The molecule has 0 aliphatic heterocycles. The van der Waals surface area contributed by atoms with E-state index in [0.29, 0.717) is 21.2 Å². The van der Waals surface area contributed by atoms with Crippen molar-refractivity contribution in [2.75, 3.05) is 0 Å². The van der Waals surface area contributed by atoms with Gasteiger partial charge in [-0.2, -0.15) is 0 Å². The number of aryl methyl sites for hydroxylation is 1. The van der Waals surface area contributed by atoms with Crippen molar-refractivity contribution in [1.82, 2.24) is 29.5 Å². The lowest BCUT2D eigenvalue weighted by Gasteiger charge is -2.01. The van der Waals surface area contributed by atoms with E-state index in [-0.39, 0.29) is 18.7 Å². The van der Waals surface area contributed by atoms with Gasteiger partial charge in [0.1, 0.15) is 16.9 Å². The van der Waals surface area contributed by atoms with Crippen molar-refractivity contribution in [2.24, 2.45) is 7.05 Å². The number of H-pyrrole nitrogens is 1. The Balaban J connectivity index is 0.000000279. The highest BCUT2D eigenvalue weighted by molar-refractivity contribution is 7.99. The zero-order valence-corrected chi connectivity index (χ0v) is 14.6. The molecule has 3 heterocycles. The van der Waals surface area contributed by atoms with Crippen molar-refractivity contribution in [2.45, 2.75) is 22.9 Å². The summed E-state index contributed by atoms with van der Waals surface area (Å²) in [4.78, 5) is 48.4. The number of carbonyl (C=O) groups is 2. The third-order valence-corrected chi connectivity index (χ3v) is 4.14. The average Bonchev–Trinajstić information content (AvgIpc) is 3.21. The highest BCUT2D eigenvalue weighted by Gasteiger charge is 2.22. The smallest absolute Gasteiger partial charge is 0.396 e. The average molecular weight is 395 g/mol. The van der Waals surface area contributed by atoms with Crippen LogP contribution in [0.2, 0.25) is 0 Å². The van der Waals surface area contributed by atoms with Gasteiger partial charge in [-0.15, -0.1) is 0 Å². The van der Waals surface area contributed by atoms with Gasteiger partial charge in [-0.05, 0) is 21.7 Å². The first-order valence-corrected chi connectivity index (χ1v) is 8.02. The predicted molar refractivity (Wildman–Crippen MR) is 90.2 cm³/mol. The molecule has 0 saturated heterocycles. The number of aromatic amines is 1. The van der Waals surface area contributed by atoms with Gasteiger partial charge in [-0.25, -0.2) is 15.0 Å². The van der Waals surface area contributed by atoms with Crippen LogP contribution in [-0.4, -0.2) is 56.6 Å². The number of nitro groups is 1. The Bertz CT molecular complexity index is 971. The first kappa shape index (κ1) is 19.8. The summed E-state index contributed by atoms with van der Waals surface area (Å²) in [5.74, 6) is -2.35. The number of carboxylic acids is 2. The molecular weight excluding hydrogens is 382 g/mol. The molecule has 0 spiro atoms. The maximum Gasteiger partial charge on any atom is 0.396 e. The van der Waals surface area contributed by atoms with Crippen LogP contribution in [0.5, 0.6) is 0 Å². The monoisotopic (exact) mass is 395 g/mol. The number of imidazole rings is 2. The van der Waals surface area contributed by atoms with E-state index in [0.717, 1.165) is 11.8 Å². The second kappa shape index (κ2) is 8.70. The van der Waals surface area contributed by atoms with Crippen LogP contribution in [0.1, 0.15) is 12.8 Å². The molecule has 3 aromatic rings. The van der Waals surface area contributed by atoms with Gasteiger partial charge >= 0.3 is 17.8 Å². The molecule has 142 valence electrons. The summed E-state index contributed by atoms with van der Waals surface area (Å²) in [5.41, 5.74) is 1.16. The van der Waals surface area contributed by atoms with Crippen LogP contribution in [0.15, 0.2) is 29.0 Å². The minimum Gasteiger partial charge on any atom is -0.481 e. The summed E-state index contributed by atoms with van der Waals surface area (Å²) < 4.78 is 1.58. The van der Waals surface area contributed by atoms with Gasteiger partial charge < -0.3 is 29.9 Å². The Morgan fingerprint density at radius 2 is 1.89 bits per heavy atom. The molecule has 13 nitrogen and oxygen atoms in total. The normalized spacial score (nSPS) is 10.3. The zero-order chi connectivity index (χ0) is 20.0. The fourth-order valence-corrected chi connectivity index (χ4v) is 2.72. The van der Waals surface area contributed by atoms with Crippen LogP contribution in [0.4, 0.5) is 5.82 Å². The Morgan fingerprint density at radius 1 is 1.22 bits per heavy atom. The standard InChI is InChI=1S/C9H7N7O2S.C4H6O4/c1-15-4-14-7(16(17)18)9(15)19-8-5-6(11-2-10-5)12-3-13-8;5-3(6)1-2-4(7)8/h2-4H,1H3,(H,10,11,12,13);1-2H2,(H,5,6)(H,7,8). The van der Waals surface area contributed by atoms with E-state index in [4.69, 9.17) is 10.2 Å². The number of nitrogens with zero attached hydrogens (tertiary/aromatic N) is 6. The summed E-state index contributed by atoms with van der Waals surface area (Å²) in [6.07, 6.45) is 3.67. The molecule has 0 bridgehead atoms. The molecular formula is C13H13N7O6S. The SMILES string of the molecule is Cn1cnc([N+](=O)[O-])c1Sc1ncnc2nc[nH]c12.O=C(O)CCC(=O)O. The first-order chi connectivity index (χ1) is 12.8. The molecule has 3 aromatic heterocycles. The lowest BCUT2D eigenvalue weighted by molar-refractivity contribution is -0.392. The van der Waals surface area contributed by atoms with Gasteiger partial charge in [-0.1, -0.05) is 0 Å². The van der Waals surface area contributed by atoms with E-state index in [1.54, 1.807) is 11.6 Å². The van der Waals surface area contributed by atoms with Gasteiger partial charge in [0.25, 0.3) is 0 Å². The van der Waals surface area contributed by atoms with Gasteiger partial charge in [0.15, 0.2) is 10.7 Å². The van der Waals surface area contributed by atoms with Gasteiger partial charge in [0.2, 0.25) is 6.33 Å². The van der Waals surface area contributed by atoms with Crippen molar-refractivity contribution in [3.63, 3.8) is 0 Å². The van der Waals surface area contributed by atoms with Crippen LogP contribution in [0.3, 0.4) is 0 Å². The number of aliphatic carboxylic acids is 2. The number of hydrogen-bond acceptors (Lipinski definition) is 9. The minimum absolute atomic E-state index is 0.196. The summed E-state index contributed by atoms with van der Waals surface area (Å²) in [5, 5.41) is 27.7. The van der Waals surface area contributed by atoms with E-state index in [1.807, 2.05) is 0 Å². The molecule has 0 atom stereocenters. The number of aromatic nitrogens is 6. The number of carboxylic acid groups (broad SMARTS) is 2. The second-order valence-corrected chi connectivity index (χ2v) is 5.89. The van der Waals surface area contributed by atoms with Gasteiger partial charge in [0.05, 0.1) is 19.2 Å². The molecule has 0 aromatic carbocycles. The molecule has 14 heteroatoms. The quantitative estimate of drug-likeness (QED) is 0.307. The number of hydrogen-bond donors (Lipinski definition) is 3. The van der Waals surface area contributed by atoms with Crippen molar-refractivity contribution >= 4 is 40.7 Å². The molecule has 3 N–H and O–H groups in total. The van der Waals surface area contributed by atoms with E-state index < -0.39 is 16.9 Å². The van der Waals surface area contributed by atoms with Crippen LogP contribution in [-0.2, 0) is 16.6 Å². The van der Waals surface area contributed by atoms with Crippen molar-refractivity contribution in [3.8, 4) is 0 Å². The lowest BCUT2D eigenvalue weighted by Crippen LogP contribution is -2.00.